The molecule has 5 aromatic rings. The summed E-state index contributed by atoms with van der Waals surface area (Å²) in [5, 5.41) is 3.02. The number of ether oxygens (including phenoxy) is 1. The first-order valence-corrected chi connectivity index (χ1v) is 21.1. The predicted octanol–water partition coefficient (Wildman–Crippen LogP) is 3.18. The quantitative estimate of drug-likeness (QED) is 0.212. The standard InChI is InChI=1S/C42H42FN7O8S/c1-46-34-18-28(8-10-32(34)50(42(46)55)33-11-12-36(51)44-41(33)54)26-13-15-47(16-14-26)23-38(53)48-20-30(21-48)27-7-9-31-29(17-27)19-35(58-24-25-5-3-2-4-6-25)40(39(31)43)49-22-37(52)45-59(49,56)57/h2-10,17-19,26,30,33H,11-16,20-24H2,1H3,(H,45,52)(H,44,51,54). The van der Waals surface area contributed by atoms with Crippen LogP contribution in [0.5, 0.6) is 5.75 Å². The number of rotatable bonds is 9. The second kappa shape index (κ2) is 14.9. The molecule has 17 heteroatoms. The van der Waals surface area contributed by atoms with Gasteiger partial charge in [0.25, 0.3) is 5.91 Å². The van der Waals surface area contributed by atoms with Crippen LogP contribution in [0.25, 0.3) is 21.8 Å². The van der Waals surface area contributed by atoms with E-state index < -0.39 is 40.4 Å². The molecule has 1 aromatic heterocycles. The minimum atomic E-state index is -4.31. The molecule has 0 aliphatic carbocycles. The number of piperidine rings is 2. The van der Waals surface area contributed by atoms with E-state index in [1.54, 1.807) is 29.8 Å². The fourth-order valence-electron chi connectivity index (χ4n) is 8.80. The number of benzene rings is 4. The van der Waals surface area contributed by atoms with Crippen LogP contribution in [0.15, 0.2) is 77.6 Å². The smallest absolute Gasteiger partial charge is 0.329 e. The summed E-state index contributed by atoms with van der Waals surface area (Å²) < 4.78 is 53.5. The molecule has 4 fully saturated rings. The first-order chi connectivity index (χ1) is 28.3. The lowest BCUT2D eigenvalue weighted by molar-refractivity contribution is -0.137. The van der Waals surface area contributed by atoms with Crippen molar-refractivity contribution in [3.63, 3.8) is 0 Å². The number of nitrogens with zero attached hydrogens (tertiary/aromatic N) is 5. The van der Waals surface area contributed by atoms with Gasteiger partial charge in [-0.25, -0.2) is 18.2 Å². The number of carbonyl (C=O) groups excluding carboxylic acids is 4. The van der Waals surface area contributed by atoms with E-state index in [4.69, 9.17) is 4.74 Å². The molecule has 1 unspecified atom stereocenters. The van der Waals surface area contributed by atoms with Crippen LogP contribution in [0.4, 0.5) is 10.1 Å². The maximum absolute atomic E-state index is 16.3. The number of carbonyl (C=O) groups is 4. The number of hydrogen-bond donors (Lipinski definition) is 2. The van der Waals surface area contributed by atoms with E-state index in [1.807, 2.05) is 64.2 Å². The lowest BCUT2D eigenvalue weighted by atomic mass is 9.88. The van der Waals surface area contributed by atoms with Gasteiger partial charge in [0.1, 0.15) is 30.6 Å². The van der Waals surface area contributed by atoms with Crippen molar-refractivity contribution in [2.75, 3.05) is 43.6 Å². The van der Waals surface area contributed by atoms with Crippen molar-refractivity contribution in [2.45, 2.75) is 50.2 Å². The van der Waals surface area contributed by atoms with Gasteiger partial charge in [0.15, 0.2) is 5.82 Å². The van der Waals surface area contributed by atoms with Gasteiger partial charge in [-0.3, -0.25) is 38.5 Å². The van der Waals surface area contributed by atoms with Crippen molar-refractivity contribution in [1.82, 2.24) is 29.0 Å². The number of aromatic nitrogens is 2. The van der Waals surface area contributed by atoms with Crippen molar-refractivity contribution in [3.8, 4) is 5.75 Å². The molecular formula is C42H42FN7O8S. The number of halogens is 1. The molecule has 2 N–H and O–H groups in total. The first-order valence-electron chi connectivity index (χ1n) is 19.7. The van der Waals surface area contributed by atoms with Crippen LogP contribution in [0.2, 0.25) is 0 Å². The molecule has 4 amide bonds. The zero-order valence-corrected chi connectivity index (χ0v) is 33.0. The van der Waals surface area contributed by atoms with Crippen LogP contribution in [-0.2, 0) is 43.0 Å². The van der Waals surface area contributed by atoms with E-state index >= 15 is 4.39 Å². The van der Waals surface area contributed by atoms with Crippen molar-refractivity contribution in [2.24, 2.45) is 7.05 Å². The number of hydrogen-bond acceptors (Lipinski definition) is 9. The summed E-state index contributed by atoms with van der Waals surface area (Å²) in [4.78, 5) is 67.0. The van der Waals surface area contributed by atoms with Gasteiger partial charge >= 0.3 is 15.9 Å². The van der Waals surface area contributed by atoms with Gasteiger partial charge in [-0.2, -0.15) is 8.42 Å². The van der Waals surface area contributed by atoms with Crippen LogP contribution in [0.1, 0.15) is 60.3 Å². The minimum Gasteiger partial charge on any atom is -0.487 e. The predicted molar refractivity (Wildman–Crippen MR) is 215 cm³/mol. The van der Waals surface area contributed by atoms with E-state index in [1.165, 1.54) is 4.57 Å². The van der Waals surface area contributed by atoms with E-state index in [0.29, 0.717) is 34.8 Å². The molecular weight excluding hydrogens is 782 g/mol. The Balaban J connectivity index is 0.839. The van der Waals surface area contributed by atoms with E-state index in [2.05, 4.69) is 10.2 Å². The molecule has 5 heterocycles. The molecule has 306 valence electrons. The Kier molecular flexibility index (Phi) is 9.74. The number of likely N-dealkylation sites (tertiary alicyclic amines) is 2. The normalized spacial score (nSPS) is 20.2. The Morgan fingerprint density at radius 3 is 2.31 bits per heavy atom. The van der Waals surface area contributed by atoms with Crippen molar-refractivity contribution in [1.29, 1.82) is 0 Å². The Hall–Kier alpha value is -6.07. The van der Waals surface area contributed by atoms with Crippen molar-refractivity contribution < 1.29 is 36.7 Å². The summed E-state index contributed by atoms with van der Waals surface area (Å²) in [6, 6.07) is 21.2. The Labute approximate surface area is 338 Å². The van der Waals surface area contributed by atoms with Crippen molar-refractivity contribution >= 4 is 61.3 Å². The summed E-state index contributed by atoms with van der Waals surface area (Å²) in [6.45, 7) is 2.26. The molecule has 4 aromatic carbocycles. The number of anilines is 1. The molecule has 1 atom stereocenters. The first kappa shape index (κ1) is 38.4. The highest BCUT2D eigenvalue weighted by atomic mass is 32.2. The summed E-state index contributed by atoms with van der Waals surface area (Å²) in [7, 11) is -2.63. The number of imidazole rings is 1. The second-order valence-corrected chi connectivity index (χ2v) is 17.4. The fraction of sp³-hybridized carbons (Fsp3) is 0.357. The van der Waals surface area contributed by atoms with Gasteiger partial charge in [-0.1, -0.05) is 54.6 Å². The molecule has 4 aliphatic heterocycles. The molecule has 4 aliphatic rings. The van der Waals surface area contributed by atoms with Crippen LogP contribution in [0, 0.1) is 5.82 Å². The largest absolute Gasteiger partial charge is 0.487 e. The molecule has 59 heavy (non-hydrogen) atoms. The van der Waals surface area contributed by atoms with Gasteiger partial charge < -0.3 is 9.64 Å². The number of aryl methyl sites for hydroxylation is 1. The summed E-state index contributed by atoms with van der Waals surface area (Å²) in [5.41, 5.74) is 3.55. The number of imide groups is 1. The lowest BCUT2D eigenvalue weighted by Gasteiger charge is -2.41. The van der Waals surface area contributed by atoms with Crippen LogP contribution in [-0.4, -0.2) is 90.2 Å². The highest BCUT2D eigenvalue weighted by molar-refractivity contribution is 7.92. The van der Waals surface area contributed by atoms with Gasteiger partial charge in [0.2, 0.25) is 17.7 Å². The summed E-state index contributed by atoms with van der Waals surface area (Å²) >= 11 is 0. The molecule has 0 bridgehead atoms. The zero-order valence-electron chi connectivity index (χ0n) is 32.2. The fourth-order valence-corrected chi connectivity index (χ4v) is 9.96. The monoisotopic (exact) mass is 823 g/mol. The topological polar surface area (TPSA) is 172 Å². The molecule has 4 saturated heterocycles. The van der Waals surface area contributed by atoms with Gasteiger partial charge in [-0.15, -0.1) is 0 Å². The summed E-state index contributed by atoms with van der Waals surface area (Å²) in [5.74, 6) is -2.09. The van der Waals surface area contributed by atoms with Crippen LogP contribution >= 0.6 is 0 Å². The minimum absolute atomic E-state index is 0.0136. The Morgan fingerprint density at radius 1 is 0.864 bits per heavy atom. The summed E-state index contributed by atoms with van der Waals surface area (Å²) in [6.07, 6.45) is 2.14. The van der Waals surface area contributed by atoms with Crippen LogP contribution in [0.3, 0.4) is 0 Å². The Morgan fingerprint density at radius 2 is 1.59 bits per heavy atom. The van der Waals surface area contributed by atoms with Gasteiger partial charge in [0, 0.05) is 37.9 Å². The van der Waals surface area contributed by atoms with Gasteiger partial charge in [-0.05, 0) is 78.5 Å². The maximum Gasteiger partial charge on any atom is 0.329 e. The SMILES string of the molecule is Cn1c(=O)n(C2CCC(=O)NC2=O)c2ccc(C3CCN(CC(=O)N4CC(c5ccc6c(F)c(N7CC(=O)NS7(=O)=O)c(OCc7ccccc7)cc6c5)C4)CC3)cc21. The van der Waals surface area contributed by atoms with E-state index in [9.17, 15) is 32.4 Å². The number of amides is 4. The Bertz CT molecular complexity index is 2720. The van der Waals surface area contributed by atoms with Gasteiger partial charge in [0.05, 0.1) is 17.6 Å². The van der Waals surface area contributed by atoms with Crippen LogP contribution < -0.4 is 24.8 Å². The molecule has 0 radical (unpaired) electrons. The average molecular weight is 824 g/mol. The molecule has 9 rings (SSSR count). The van der Waals surface area contributed by atoms with E-state index in [-0.39, 0.29) is 65.6 Å². The highest BCUT2D eigenvalue weighted by Crippen LogP contribution is 2.41. The molecule has 0 saturated carbocycles. The highest BCUT2D eigenvalue weighted by Gasteiger charge is 2.39. The number of nitrogens with one attached hydrogen (secondary N) is 2. The van der Waals surface area contributed by atoms with Crippen molar-refractivity contribution in [3.05, 3.63) is 106 Å². The maximum atomic E-state index is 16.3. The lowest BCUT2D eigenvalue weighted by Crippen LogP contribution is -2.52. The molecule has 15 nitrogen and oxygen atoms in total. The number of fused-ring (bicyclic) bond motifs is 2. The van der Waals surface area contributed by atoms with E-state index in [0.717, 1.165) is 48.1 Å². The second-order valence-electron chi connectivity index (χ2n) is 15.8. The zero-order chi connectivity index (χ0) is 41.2. The third kappa shape index (κ3) is 7.11. The third-order valence-electron chi connectivity index (χ3n) is 12.1. The average Bonchev–Trinajstić information content (AvgIpc) is 3.61. The molecule has 0 spiro atoms. The third-order valence-corrected chi connectivity index (χ3v) is 13.5.